The summed E-state index contributed by atoms with van der Waals surface area (Å²) in [5.41, 5.74) is 4.47. The van der Waals surface area contributed by atoms with E-state index in [4.69, 9.17) is 4.74 Å². The molecule has 28 heavy (non-hydrogen) atoms. The molecule has 1 aliphatic rings. The molecule has 1 aliphatic heterocycles. The van der Waals surface area contributed by atoms with Gasteiger partial charge in [-0.2, -0.15) is 5.10 Å². The van der Waals surface area contributed by atoms with E-state index in [1.165, 1.54) is 12.7 Å². The fourth-order valence-electron chi connectivity index (χ4n) is 4.11. The van der Waals surface area contributed by atoms with E-state index in [1.54, 1.807) is 0 Å². The number of methoxy groups -OCH3 is 1. The number of nitrogens with zero attached hydrogens (tertiary/aromatic N) is 2. The van der Waals surface area contributed by atoms with Crippen LogP contribution in [0.4, 0.5) is 0 Å². The number of aromatic nitrogens is 2. The number of carbonyl (C=O) groups excluding carboxylic acids is 2. The molecule has 1 atom stereocenters. The predicted octanol–water partition coefficient (Wildman–Crippen LogP) is 3.80. The third kappa shape index (κ3) is 4.05. The van der Waals surface area contributed by atoms with Crippen LogP contribution >= 0.6 is 0 Å². The molecule has 0 saturated heterocycles. The van der Waals surface area contributed by atoms with Crippen molar-refractivity contribution in [2.75, 3.05) is 13.7 Å². The fraction of sp³-hybridized carbons (Fsp3) is 0.591. The summed E-state index contributed by atoms with van der Waals surface area (Å²) in [5, 5.41) is 8.49. The lowest BCUT2D eigenvalue weighted by molar-refractivity contribution is -0.147. The number of esters is 1. The summed E-state index contributed by atoms with van der Waals surface area (Å²) in [6.45, 7) is 11.8. The van der Waals surface area contributed by atoms with Crippen LogP contribution in [0.25, 0.3) is 10.9 Å². The number of rotatable bonds is 4. The van der Waals surface area contributed by atoms with Crippen molar-refractivity contribution in [3.05, 3.63) is 29.0 Å². The van der Waals surface area contributed by atoms with Gasteiger partial charge in [0, 0.05) is 18.5 Å². The zero-order chi connectivity index (χ0) is 20.6. The molecule has 0 fully saturated rings. The molecule has 1 N–H and O–H groups in total. The summed E-state index contributed by atoms with van der Waals surface area (Å²) >= 11 is 0. The monoisotopic (exact) mass is 385 g/mol. The van der Waals surface area contributed by atoms with Crippen LogP contribution in [0, 0.1) is 11.3 Å². The number of carbonyl (C=O) groups is 2. The van der Waals surface area contributed by atoms with Crippen molar-refractivity contribution >= 4 is 22.8 Å². The lowest BCUT2D eigenvalue weighted by Crippen LogP contribution is -2.40. The third-order valence-corrected chi connectivity index (χ3v) is 5.37. The molecule has 0 unspecified atom stereocenters. The molecule has 2 heterocycles. The smallest absolute Gasteiger partial charge is 0.306 e. The van der Waals surface area contributed by atoms with Gasteiger partial charge in [0.1, 0.15) is 0 Å². The van der Waals surface area contributed by atoms with Gasteiger partial charge in [0.2, 0.25) is 5.91 Å². The zero-order valence-corrected chi connectivity index (χ0v) is 17.8. The van der Waals surface area contributed by atoms with E-state index in [1.807, 2.05) is 11.1 Å². The van der Waals surface area contributed by atoms with E-state index in [-0.39, 0.29) is 23.7 Å². The van der Waals surface area contributed by atoms with Crippen molar-refractivity contribution in [3.8, 4) is 0 Å². The second kappa shape index (κ2) is 7.57. The van der Waals surface area contributed by atoms with Gasteiger partial charge in [-0.25, -0.2) is 0 Å². The van der Waals surface area contributed by atoms with Gasteiger partial charge in [-0.3, -0.25) is 14.7 Å². The number of fused-ring (bicyclic) bond motifs is 3. The first-order valence-corrected chi connectivity index (χ1v) is 9.94. The summed E-state index contributed by atoms with van der Waals surface area (Å²) < 4.78 is 4.86. The molecule has 0 spiro atoms. The van der Waals surface area contributed by atoms with Crippen LogP contribution in [-0.2, 0) is 27.3 Å². The van der Waals surface area contributed by atoms with Crippen molar-refractivity contribution in [1.82, 2.24) is 15.1 Å². The maximum atomic E-state index is 13.3. The Morgan fingerprint density at radius 2 is 2.11 bits per heavy atom. The van der Waals surface area contributed by atoms with Crippen LogP contribution in [0.1, 0.15) is 63.6 Å². The molecule has 3 rings (SSSR count). The average molecular weight is 386 g/mol. The Morgan fingerprint density at radius 1 is 1.39 bits per heavy atom. The Balaban J connectivity index is 2.13. The summed E-state index contributed by atoms with van der Waals surface area (Å²) in [4.78, 5) is 27.2. The molecule has 0 aliphatic carbocycles. The minimum Gasteiger partial charge on any atom is -0.469 e. The predicted molar refractivity (Wildman–Crippen MR) is 109 cm³/mol. The molecule has 1 aromatic carbocycles. The Morgan fingerprint density at radius 3 is 2.71 bits per heavy atom. The summed E-state index contributed by atoms with van der Waals surface area (Å²) in [6, 6.07) is 2.19. The second-order valence-electron chi connectivity index (χ2n) is 9.35. The molecule has 6 heteroatoms. The van der Waals surface area contributed by atoms with Gasteiger partial charge in [0.15, 0.2) is 0 Å². The number of amides is 1. The minimum atomic E-state index is -0.402. The second-order valence-corrected chi connectivity index (χ2v) is 9.35. The molecular weight excluding hydrogens is 354 g/mol. The topological polar surface area (TPSA) is 75.3 Å². The number of hydrogen-bond donors (Lipinski definition) is 1. The first-order valence-electron chi connectivity index (χ1n) is 9.94. The Labute approximate surface area is 166 Å². The van der Waals surface area contributed by atoms with E-state index in [2.05, 4.69) is 50.9 Å². The number of hydrogen-bond acceptors (Lipinski definition) is 4. The van der Waals surface area contributed by atoms with E-state index in [0.29, 0.717) is 25.4 Å². The van der Waals surface area contributed by atoms with Gasteiger partial charge < -0.3 is 9.64 Å². The summed E-state index contributed by atoms with van der Waals surface area (Å²) in [5.74, 6) is -0.386. The molecule has 2 aromatic rings. The largest absolute Gasteiger partial charge is 0.469 e. The van der Waals surface area contributed by atoms with Crippen molar-refractivity contribution in [1.29, 1.82) is 0 Å². The lowest BCUT2D eigenvalue weighted by Gasteiger charge is -2.31. The van der Waals surface area contributed by atoms with Crippen LogP contribution in [-0.4, -0.2) is 40.6 Å². The summed E-state index contributed by atoms with van der Waals surface area (Å²) in [6.07, 6.45) is 2.51. The SMILES string of the molecule is COC(=O)C[C@@H]1Cc2cc(C(C)C)c3[nH]ncc3c2CN(CC(C)(C)C)C1=O. The van der Waals surface area contributed by atoms with Crippen LogP contribution in [0.5, 0.6) is 0 Å². The molecular formula is C22H31N3O3. The highest BCUT2D eigenvalue weighted by atomic mass is 16.5. The van der Waals surface area contributed by atoms with Crippen molar-refractivity contribution < 1.29 is 14.3 Å². The van der Waals surface area contributed by atoms with Crippen LogP contribution in [0.3, 0.4) is 0 Å². The molecule has 1 amide bonds. The summed E-state index contributed by atoms with van der Waals surface area (Å²) in [7, 11) is 1.37. The molecule has 0 saturated carbocycles. The maximum Gasteiger partial charge on any atom is 0.306 e. The normalized spacial score (nSPS) is 17.8. The highest BCUT2D eigenvalue weighted by Gasteiger charge is 2.34. The van der Waals surface area contributed by atoms with Gasteiger partial charge in [-0.15, -0.1) is 0 Å². The first-order chi connectivity index (χ1) is 13.1. The lowest BCUT2D eigenvalue weighted by atomic mass is 9.89. The zero-order valence-electron chi connectivity index (χ0n) is 17.8. The fourth-order valence-corrected chi connectivity index (χ4v) is 4.11. The van der Waals surface area contributed by atoms with E-state index in [9.17, 15) is 9.59 Å². The van der Waals surface area contributed by atoms with Gasteiger partial charge in [-0.1, -0.05) is 40.7 Å². The van der Waals surface area contributed by atoms with Gasteiger partial charge >= 0.3 is 5.97 Å². The van der Waals surface area contributed by atoms with Gasteiger partial charge in [-0.05, 0) is 34.4 Å². The molecule has 1 aromatic heterocycles. The Kier molecular flexibility index (Phi) is 5.50. The molecule has 0 bridgehead atoms. The van der Waals surface area contributed by atoms with Crippen LogP contribution < -0.4 is 0 Å². The highest BCUT2D eigenvalue weighted by molar-refractivity contribution is 5.90. The number of benzene rings is 1. The minimum absolute atomic E-state index is 0.0271. The van der Waals surface area contributed by atoms with Crippen LogP contribution in [0.15, 0.2) is 12.3 Å². The third-order valence-electron chi connectivity index (χ3n) is 5.37. The van der Waals surface area contributed by atoms with E-state index >= 15 is 0 Å². The number of aromatic amines is 1. The van der Waals surface area contributed by atoms with Gasteiger partial charge in [0.05, 0.1) is 31.2 Å². The van der Waals surface area contributed by atoms with E-state index < -0.39 is 5.92 Å². The first kappa shape index (κ1) is 20.4. The average Bonchev–Trinajstić information content (AvgIpc) is 3.05. The molecule has 152 valence electrons. The van der Waals surface area contributed by atoms with Crippen LogP contribution in [0.2, 0.25) is 0 Å². The molecule has 0 radical (unpaired) electrons. The maximum absolute atomic E-state index is 13.3. The van der Waals surface area contributed by atoms with E-state index in [0.717, 1.165) is 22.0 Å². The standard InChI is InChI=1S/C22H31N3O3/c1-13(2)16-8-14-7-15(9-19(26)28-6)21(27)25(12-22(3,4)5)11-18(14)17-10-23-24-20(16)17/h8,10,13,15H,7,9,11-12H2,1-6H3,(H,23,24)/t15-/m0/s1. The number of ether oxygens (including phenoxy) is 1. The molecule has 6 nitrogen and oxygen atoms in total. The number of H-pyrrole nitrogens is 1. The van der Waals surface area contributed by atoms with Crippen molar-refractivity contribution in [2.45, 2.75) is 59.9 Å². The Hall–Kier alpha value is -2.37. The van der Waals surface area contributed by atoms with Crippen molar-refractivity contribution in [3.63, 3.8) is 0 Å². The number of nitrogens with one attached hydrogen (secondary N) is 1. The quantitative estimate of drug-likeness (QED) is 0.813. The highest BCUT2D eigenvalue weighted by Crippen LogP contribution is 2.35. The van der Waals surface area contributed by atoms with Crippen molar-refractivity contribution in [2.24, 2.45) is 11.3 Å². The Bertz CT molecular complexity index is 892. The van der Waals surface area contributed by atoms with Gasteiger partial charge in [0.25, 0.3) is 0 Å².